The predicted octanol–water partition coefficient (Wildman–Crippen LogP) is 0.469. The van der Waals surface area contributed by atoms with Crippen molar-refractivity contribution in [1.29, 1.82) is 0 Å². The topological polar surface area (TPSA) is 95.5 Å². The molecule has 0 spiro atoms. The average Bonchev–Trinajstić information content (AvgIpc) is 2.88. The van der Waals surface area contributed by atoms with Gasteiger partial charge in [0.25, 0.3) is 0 Å². The maximum Gasteiger partial charge on any atom is 0.238 e. The smallest absolute Gasteiger partial charge is 0.238 e. The Bertz CT molecular complexity index is 433. The molecule has 1 rings (SSSR count). The summed E-state index contributed by atoms with van der Waals surface area (Å²) in [5.41, 5.74) is -0.830. The van der Waals surface area contributed by atoms with Gasteiger partial charge in [-0.2, -0.15) is 11.8 Å². The fourth-order valence-electron chi connectivity index (χ4n) is 2.36. The lowest BCUT2D eigenvalue weighted by Crippen LogP contribution is -2.50. The normalized spacial score (nSPS) is 19.4. The molecule has 1 amide bonds. The Hall–Kier alpha value is -0.310. The first-order valence-corrected chi connectivity index (χ1v) is 10.4. The van der Waals surface area contributed by atoms with Crippen LogP contribution in [0.3, 0.4) is 0 Å². The standard InChI is InChI=1S/C13H26N2O4S2/c1-3-21(18,19)15-11(6-9-20-2)12(16)14-10-13(17)7-4-5-8-13/h11,15,17H,3-10H2,1-2H3,(H,14,16). The van der Waals surface area contributed by atoms with Crippen LogP contribution >= 0.6 is 11.8 Å². The quantitative estimate of drug-likeness (QED) is 0.568. The van der Waals surface area contributed by atoms with Crippen LogP contribution in [0.25, 0.3) is 0 Å². The van der Waals surface area contributed by atoms with Crippen molar-refractivity contribution in [3.8, 4) is 0 Å². The van der Waals surface area contributed by atoms with Crippen molar-refractivity contribution in [3.05, 3.63) is 0 Å². The van der Waals surface area contributed by atoms with Crippen LogP contribution in [0.4, 0.5) is 0 Å². The molecule has 0 saturated heterocycles. The number of aliphatic hydroxyl groups is 1. The van der Waals surface area contributed by atoms with Gasteiger partial charge in [-0.1, -0.05) is 12.8 Å². The number of carbonyl (C=O) groups excluding carboxylic acids is 1. The van der Waals surface area contributed by atoms with Crippen LogP contribution in [-0.2, 0) is 14.8 Å². The van der Waals surface area contributed by atoms with Crippen molar-refractivity contribution < 1.29 is 18.3 Å². The van der Waals surface area contributed by atoms with E-state index in [-0.39, 0.29) is 18.2 Å². The van der Waals surface area contributed by atoms with Gasteiger partial charge in [0, 0.05) is 6.54 Å². The van der Waals surface area contributed by atoms with Crippen LogP contribution in [0.15, 0.2) is 0 Å². The first kappa shape index (κ1) is 18.7. The van der Waals surface area contributed by atoms with E-state index in [9.17, 15) is 18.3 Å². The van der Waals surface area contributed by atoms with E-state index in [2.05, 4.69) is 10.0 Å². The van der Waals surface area contributed by atoms with Crippen molar-refractivity contribution in [1.82, 2.24) is 10.0 Å². The third kappa shape index (κ3) is 6.54. The second-order valence-corrected chi connectivity index (χ2v) is 8.53. The van der Waals surface area contributed by atoms with Gasteiger partial charge in [-0.3, -0.25) is 4.79 Å². The number of hydrogen-bond acceptors (Lipinski definition) is 5. The van der Waals surface area contributed by atoms with E-state index in [4.69, 9.17) is 0 Å². The minimum Gasteiger partial charge on any atom is -0.388 e. The number of rotatable bonds is 9. The van der Waals surface area contributed by atoms with Crippen molar-refractivity contribution in [3.63, 3.8) is 0 Å². The lowest BCUT2D eigenvalue weighted by atomic mass is 10.0. The SMILES string of the molecule is CCS(=O)(=O)NC(CCSC)C(=O)NCC1(O)CCCC1. The lowest BCUT2D eigenvalue weighted by Gasteiger charge is -2.24. The van der Waals surface area contributed by atoms with E-state index in [0.717, 1.165) is 12.8 Å². The summed E-state index contributed by atoms with van der Waals surface area (Å²) in [4.78, 5) is 12.2. The summed E-state index contributed by atoms with van der Waals surface area (Å²) >= 11 is 1.56. The maximum absolute atomic E-state index is 12.2. The van der Waals surface area contributed by atoms with Crippen LogP contribution < -0.4 is 10.0 Å². The van der Waals surface area contributed by atoms with Gasteiger partial charge in [-0.25, -0.2) is 13.1 Å². The zero-order chi connectivity index (χ0) is 15.9. The Morgan fingerprint density at radius 3 is 2.52 bits per heavy atom. The molecule has 21 heavy (non-hydrogen) atoms. The molecule has 0 aromatic rings. The number of sulfonamides is 1. The molecular weight excluding hydrogens is 312 g/mol. The molecule has 3 N–H and O–H groups in total. The molecule has 0 heterocycles. The highest BCUT2D eigenvalue weighted by Crippen LogP contribution is 2.28. The van der Waals surface area contributed by atoms with E-state index < -0.39 is 21.7 Å². The van der Waals surface area contributed by atoms with Crippen LogP contribution in [0.1, 0.15) is 39.0 Å². The third-order valence-corrected chi connectivity index (χ3v) is 5.80. The highest BCUT2D eigenvalue weighted by atomic mass is 32.2. The Morgan fingerprint density at radius 2 is 2.00 bits per heavy atom. The van der Waals surface area contributed by atoms with E-state index in [0.29, 0.717) is 25.0 Å². The second kappa shape index (κ2) is 8.36. The van der Waals surface area contributed by atoms with Crippen LogP contribution in [0.5, 0.6) is 0 Å². The first-order valence-electron chi connectivity index (χ1n) is 7.31. The average molecular weight is 338 g/mol. The number of nitrogens with one attached hydrogen (secondary N) is 2. The largest absolute Gasteiger partial charge is 0.388 e. The van der Waals surface area contributed by atoms with Crippen molar-refractivity contribution in [2.45, 2.75) is 50.7 Å². The van der Waals surface area contributed by atoms with Gasteiger partial charge in [0.1, 0.15) is 6.04 Å². The summed E-state index contributed by atoms with van der Waals surface area (Å²) in [7, 11) is -3.43. The van der Waals surface area contributed by atoms with E-state index in [1.165, 1.54) is 6.92 Å². The molecule has 0 aliphatic heterocycles. The molecule has 1 aliphatic rings. The fraction of sp³-hybridized carbons (Fsp3) is 0.923. The van der Waals surface area contributed by atoms with Gasteiger partial charge >= 0.3 is 0 Å². The Balaban J connectivity index is 2.57. The molecule has 1 unspecified atom stereocenters. The van der Waals surface area contributed by atoms with Gasteiger partial charge in [-0.05, 0) is 38.2 Å². The van der Waals surface area contributed by atoms with Crippen molar-refractivity contribution >= 4 is 27.7 Å². The zero-order valence-electron chi connectivity index (χ0n) is 12.7. The third-order valence-electron chi connectivity index (χ3n) is 3.75. The van der Waals surface area contributed by atoms with Gasteiger partial charge < -0.3 is 10.4 Å². The summed E-state index contributed by atoms with van der Waals surface area (Å²) in [5, 5.41) is 12.9. The lowest BCUT2D eigenvalue weighted by molar-refractivity contribution is -0.124. The minimum absolute atomic E-state index is 0.0556. The van der Waals surface area contributed by atoms with E-state index >= 15 is 0 Å². The highest BCUT2D eigenvalue weighted by Gasteiger charge is 2.32. The fourth-order valence-corrected chi connectivity index (χ4v) is 3.66. The molecule has 6 nitrogen and oxygen atoms in total. The zero-order valence-corrected chi connectivity index (χ0v) is 14.4. The monoisotopic (exact) mass is 338 g/mol. The minimum atomic E-state index is -3.43. The van der Waals surface area contributed by atoms with Gasteiger partial charge in [0.05, 0.1) is 11.4 Å². The van der Waals surface area contributed by atoms with Crippen LogP contribution in [0.2, 0.25) is 0 Å². The molecule has 0 aromatic carbocycles. The Kier molecular flexibility index (Phi) is 7.46. The Labute approximate surface area is 131 Å². The molecule has 124 valence electrons. The molecule has 0 aromatic heterocycles. The van der Waals surface area contributed by atoms with E-state index in [1.54, 1.807) is 11.8 Å². The molecular formula is C13H26N2O4S2. The second-order valence-electron chi connectivity index (χ2n) is 5.50. The summed E-state index contributed by atoms with van der Waals surface area (Å²) in [6.07, 6.45) is 5.64. The van der Waals surface area contributed by atoms with Crippen LogP contribution in [0, 0.1) is 0 Å². The number of hydrogen-bond donors (Lipinski definition) is 3. The molecule has 8 heteroatoms. The van der Waals surface area contributed by atoms with Gasteiger partial charge in [0.2, 0.25) is 15.9 Å². The molecule has 0 bridgehead atoms. The predicted molar refractivity (Wildman–Crippen MR) is 85.8 cm³/mol. The van der Waals surface area contributed by atoms with Gasteiger partial charge in [0.15, 0.2) is 0 Å². The number of amides is 1. The number of thioether (sulfide) groups is 1. The summed E-state index contributed by atoms with van der Waals surface area (Å²) in [5.74, 6) is 0.274. The van der Waals surface area contributed by atoms with Crippen molar-refractivity contribution in [2.75, 3.05) is 24.3 Å². The molecule has 1 atom stereocenters. The molecule has 0 radical (unpaired) electrons. The van der Waals surface area contributed by atoms with Gasteiger partial charge in [-0.15, -0.1) is 0 Å². The highest BCUT2D eigenvalue weighted by molar-refractivity contribution is 7.98. The summed E-state index contributed by atoms with van der Waals surface area (Å²) in [6, 6.07) is -0.771. The summed E-state index contributed by atoms with van der Waals surface area (Å²) < 4.78 is 25.7. The molecule has 1 fully saturated rings. The van der Waals surface area contributed by atoms with Crippen molar-refractivity contribution in [2.24, 2.45) is 0 Å². The summed E-state index contributed by atoms with van der Waals surface area (Å²) in [6.45, 7) is 1.72. The molecule has 1 saturated carbocycles. The Morgan fingerprint density at radius 1 is 1.38 bits per heavy atom. The maximum atomic E-state index is 12.2. The van der Waals surface area contributed by atoms with Crippen LogP contribution in [-0.4, -0.2) is 55.4 Å². The molecule has 1 aliphatic carbocycles. The van der Waals surface area contributed by atoms with E-state index in [1.807, 2.05) is 6.26 Å². The first-order chi connectivity index (χ1) is 9.82. The number of carbonyl (C=O) groups is 1.